The van der Waals surface area contributed by atoms with Crippen LogP contribution in [0.15, 0.2) is 30.0 Å². The quantitative estimate of drug-likeness (QED) is 0.710. The van der Waals surface area contributed by atoms with Gasteiger partial charge in [0.15, 0.2) is 0 Å². The molecule has 88 valence electrons. The van der Waals surface area contributed by atoms with Crippen LogP contribution in [-0.4, -0.2) is 12.6 Å². The molecule has 2 aliphatic heterocycles. The third-order valence-electron chi connectivity index (χ3n) is 4.44. The molecular weight excluding hydrogens is 208 g/mol. The molecule has 2 heteroatoms. The lowest BCUT2D eigenvalue weighted by Gasteiger charge is -2.35. The lowest BCUT2D eigenvalue weighted by molar-refractivity contribution is 0.393. The van der Waals surface area contributed by atoms with E-state index in [9.17, 15) is 0 Å². The highest BCUT2D eigenvalue weighted by Gasteiger charge is 2.36. The number of allylic oxidation sites excluding steroid dienone is 1. The van der Waals surface area contributed by atoms with E-state index in [2.05, 4.69) is 34.9 Å². The van der Waals surface area contributed by atoms with Crippen molar-refractivity contribution in [2.24, 2.45) is 5.92 Å². The number of anilines is 1. The van der Waals surface area contributed by atoms with Crippen molar-refractivity contribution in [1.29, 1.82) is 0 Å². The van der Waals surface area contributed by atoms with E-state index in [4.69, 9.17) is 0 Å². The van der Waals surface area contributed by atoms with Crippen molar-refractivity contribution in [3.8, 4) is 0 Å². The Hall–Kier alpha value is -1.44. The topological polar surface area (TPSA) is 24.1 Å². The second kappa shape index (κ2) is 3.52. The zero-order valence-corrected chi connectivity index (χ0v) is 10.00. The average Bonchev–Trinajstić information content (AvgIpc) is 2.77. The molecule has 1 aliphatic carbocycles. The lowest BCUT2D eigenvalue weighted by atomic mass is 9.79. The normalized spacial score (nSPS) is 29.9. The van der Waals surface area contributed by atoms with Crippen molar-refractivity contribution in [2.45, 2.75) is 31.7 Å². The fourth-order valence-electron chi connectivity index (χ4n) is 3.67. The third-order valence-corrected chi connectivity index (χ3v) is 4.44. The molecule has 2 nitrogen and oxygen atoms in total. The average molecular weight is 226 g/mol. The summed E-state index contributed by atoms with van der Waals surface area (Å²) >= 11 is 0. The Balaban J connectivity index is 1.88. The molecule has 1 saturated heterocycles. The van der Waals surface area contributed by atoms with Gasteiger partial charge in [-0.3, -0.25) is 0 Å². The van der Waals surface area contributed by atoms with E-state index >= 15 is 0 Å². The van der Waals surface area contributed by atoms with Crippen molar-refractivity contribution in [2.75, 3.05) is 11.9 Å². The molecule has 0 amide bonds. The zero-order valence-electron chi connectivity index (χ0n) is 10.00. The molecule has 17 heavy (non-hydrogen) atoms. The molecule has 0 aromatic heterocycles. The van der Waals surface area contributed by atoms with Crippen LogP contribution in [0.25, 0.3) is 5.57 Å². The Labute approximate surface area is 102 Å². The first-order valence-corrected chi connectivity index (χ1v) is 6.77. The first kappa shape index (κ1) is 9.58. The number of piperidine rings is 1. The van der Waals surface area contributed by atoms with Gasteiger partial charge in [-0.1, -0.05) is 18.2 Å². The van der Waals surface area contributed by atoms with Crippen LogP contribution in [0.2, 0.25) is 0 Å². The number of rotatable bonds is 0. The molecule has 0 saturated carbocycles. The van der Waals surface area contributed by atoms with Crippen LogP contribution in [0.3, 0.4) is 0 Å². The SMILES string of the molecule is c1ccc2c(c1)NC1CCC3CCCNC3=C21. The van der Waals surface area contributed by atoms with E-state index < -0.39 is 0 Å². The largest absolute Gasteiger partial charge is 0.388 e. The first-order valence-electron chi connectivity index (χ1n) is 6.77. The molecule has 0 spiro atoms. The highest BCUT2D eigenvalue weighted by Crippen LogP contribution is 2.45. The number of para-hydroxylation sites is 1. The van der Waals surface area contributed by atoms with Gasteiger partial charge in [-0.2, -0.15) is 0 Å². The lowest BCUT2D eigenvalue weighted by Crippen LogP contribution is -2.35. The van der Waals surface area contributed by atoms with Crippen LogP contribution in [0, 0.1) is 5.92 Å². The van der Waals surface area contributed by atoms with E-state index in [1.807, 2.05) is 0 Å². The van der Waals surface area contributed by atoms with E-state index in [0.717, 1.165) is 12.5 Å². The Morgan fingerprint density at radius 2 is 2.00 bits per heavy atom. The minimum Gasteiger partial charge on any atom is -0.388 e. The summed E-state index contributed by atoms with van der Waals surface area (Å²) in [6, 6.07) is 9.31. The van der Waals surface area contributed by atoms with Gasteiger partial charge in [0.2, 0.25) is 0 Å². The number of hydrogen-bond donors (Lipinski definition) is 2. The molecule has 1 fully saturated rings. The summed E-state index contributed by atoms with van der Waals surface area (Å²) in [5.41, 5.74) is 5.88. The van der Waals surface area contributed by atoms with Gasteiger partial charge in [-0.15, -0.1) is 0 Å². The molecule has 0 radical (unpaired) electrons. The van der Waals surface area contributed by atoms with Gasteiger partial charge in [-0.05, 0) is 37.7 Å². The van der Waals surface area contributed by atoms with Crippen molar-refractivity contribution in [1.82, 2.24) is 5.32 Å². The smallest absolute Gasteiger partial charge is 0.0538 e. The van der Waals surface area contributed by atoms with Crippen LogP contribution in [0.1, 0.15) is 31.2 Å². The van der Waals surface area contributed by atoms with Gasteiger partial charge in [0.1, 0.15) is 0 Å². The predicted octanol–water partition coefficient (Wildman–Crippen LogP) is 2.99. The van der Waals surface area contributed by atoms with E-state index in [-0.39, 0.29) is 0 Å². The molecule has 1 aromatic carbocycles. The zero-order chi connectivity index (χ0) is 11.2. The number of fused-ring (bicyclic) bond motifs is 4. The van der Waals surface area contributed by atoms with Crippen molar-refractivity contribution in [3.63, 3.8) is 0 Å². The van der Waals surface area contributed by atoms with Crippen molar-refractivity contribution < 1.29 is 0 Å². The Morgan fingerprint density at radius 3 is 3.00 bits per heavy atom. The maximum absolute atomic E-state index is 3.67. The fourth-order valence-corrected chi connectivity index (χ4v) is 3.67. The van der Waals surface area contributed by atoms with Crippen molar-refractivity contribution >= 4 is 11.3 Å². The summed E-state index contributed by atoms with van der Waals surface area (Å²) in [5, 5.41) is 7.34. The number of benzene rings is 1. The molecule has 2 atom stereocenters. The summed E-state index contributed by atoms with van der Waals surface area (Å²) in [7, 11) is 0. The number of hydrogen-bond acceptors (Lipinski definition) is 2. The van der Waals surface area contributed by atoms with Gasteiger partial charge in [0.05, 0.1) is 6.04 Å². The highest BCUT2D eigenvalue weighted by atomic mass is 15.0. The highest BCUT2D eigenvalue weighted by molar-refractivity contribution is 5.88. The molecular formula is C15H18N2. The van der Waals surface area contributed by atoms with Crippen LogP contribution in [0.4, 0.5) is 5.69 Å². The Bertz CT molecular complexity index is 489. The van der Waals surface area contributed by atoms with E-state index in [0.29, 0.717) is 6.04 Å². The predicted molar refractivity (Wildman–Crippen MR) is 70.7 cm³/mol. The monoisotopic (exact) mass is 226 g/mol. The summed E-state index contributed by atoms with van der Waals surface area (Å²) in [6.45, 7) is 1.16. The van der Waals surface area contributed by atoms with E-state index in [1.165, 1.54) is 36.9 Å². The minimum absolute atomic E-state index is 0.559. The van der Waals surface area contributed by atoms with Crippen LogP contribution >= 0.6 is 0 Å². The molecule has 1 aromatic rings. The standard InChI is InChI=1S/C15H18N2/c1-2-6-12-11(5-1)14-13(17-12)8-7-10-4-3-9-16-15(10)14/h1-2,5-6,10,13,16-17H,3-4,7-9H2. The maximum atomic E-state index is 3.67. The van der Waals surface area contributed by atoms with Crippen molar-refractivity contribution in [3.05, 3.63) is 35.5 Å². The van der Waals surface area contributed by atoms with Crippen LogP contribution < -0.4 is 10.6 Å². The van der Waals surface area contributed by atoms with Crippen LogP contribution in [0.5, 0.6) is 0 Å². The van der Waals surface area contributed by atoms with Gasteiger partial charge in [0, 0.05) is 29.1 Å². The molecule has 3 aliphatic rings. The molecule has 2 N–H and O–H groups in total. The Morgan fingerprint density at radius 1 is 1.06 bits per heavy atom. The second-order valence-electron chi connectivity index (χ2n) is 5.41. The summed E-state index contributed by atoms with van der Waals surface area (Å²) in [6.07, 6.45) is 5.35. The maximum Gasteiger partial charge on any atom is 0.0538 e. The molecule has 2 unspecified atom stereocenters. The van der Waals surface area contributed by atoms with Crippen LogP contribution in [-0.2, 0) is 0 Å². The Kier molecular flexibility index (Phi) is 1.99. The summed E-state index contributed by atoms with van der Waals surface area (Å²) in [4.78, 5) is 0. The summed E-state index contributed by atoms with van der Waals surface area (Å²) < 4.78 is 0. The third kappa shape index (κ3) is 1.33. The second-order valence-corrected chi connectivity index (χ2v) is 5.41. The first-order chi connectivity index (χ1) is 8.43. The molecule has 0 bridgehead atoms. The summed E-state index contributed by atoms with van der Waals surface area (Å²) in [5.74, 6) is 0.794. The fraction of sp³-hybridized carbons (Fsp3) is 0.467. The van der Waals surface area contributed by atoms with Gasteiger partial charge >= 0.3 is 0 Å². The number of nitrogens with one attached hydrogen (secondary N) is 2. The molecule has 4 rings (SSSR count). The van der Waals surface area contributed by atoms with Gasteiger partial charge < -0.3 is 10.6 Å². The minimum atomic E-state index is 0.559. The van der Waals surface area contributed by atoms with E-state index in [1.54, 1.807) is 11.3 Å². The van der Waals surface area contributed by atoms with Gasteiger partial charge in [-0.25, -0.2) is 0 Å². The van der Waals surface area contributed by atoms with Gasteiger partial charge in [0.25, 0.3) is 0 Å². The molecule has 2 heterocycles.